The minimum atomic E-state index is -1.05. The first kappa shape index (κ1) is 28.9. The topological polar surface area (TPSA) is 106 Å². The van der Waals surface area contributed by atoms with Crippen LogP contribution in [0, 0.1) is 0 Å². The average Bonchev–Trinajstić information content (AvgIpc) is 3.55. The number of aryl methyl sites for hydroxylation is 1. The van der Waals surface area contributed by atoms with Crippen molar-refractivity contribution in [3.8, 4) is 16.9 Å². The molecule has 8 heteroatoms. The van der Waals surface area contributed by atoms with Crippen LogP contribution in [0.2, 0.25) is 0 Å². The van der Waals surface area contributed by atoms with Gasteiger partial charge in [0.05, 0.1) is 13.2 Å². The zero-order valence-corrected chi connectivity index (χ0v) is 23.3. The minimum absolute atomic E-state index is 0.128. The smallest absolute Gasteiger partial charge is 0.404 e. The van der Waals surface area contributed by atoms with Crippen LogP contribution in [-0.2, 0) is 35.6 Å². The van der Waals surface area contributed by atoms with E-state index in [0.717, 1.165) is 40.7 Å². The summed E-state index contributed by atoms with van der Waals surface area (Å²) in [6.07, 6.45) is 0.482. The first-order valence-corrected chi connectivity index (χ1v) is 14.0. The van der Waals surface area contributed by atoms with E-state index in [9.17, 15) is 9.59 Å². The molecule has 0 atom stereocenters. The number of benzene rings is 4. The number of hydrogen-bond acceptors (Lipinski definition) is 5. The number of carboxylic acid groups (broad SMARTS) is 1. The minimum Gasteiger partial charge on any atom is -0.489 e. The summed E-state index contributed by atoms with van der Waals surface area (Å²) in [6, 6.07) is 31.1. The fourth-order valence-electron chi connectivity index (χ4n) is 4.84. The van der Waals surface area contributed by atoms with Gasteiger partial charge in [0.1, 0.15) is 12.4 Å². The Balaban J connectivity index is 1.15. The molecule has 3 N–H and O–H groups in total. The van der Waals surface area contributed by atoms with E-state index in [1.807, 2.05) is 78.9 Å². The Kier molecular flexibility index (Phi) is 9.82. The van der Waals surface area contributed by atoms with E-state index in [1.54, 1.807) is 6.07 Å². The van der Waals surface area contributed by atoms with Gasteiger partial charge in [-0.1, -0.05) is 72.8 Å². The highest BCUT2D eigenvalue weighted by molar-refractivity contribution is 5.95. The van der Waals surface area contributed by atoms with E-state index >= 15 is 0 Å². The number of rotatable bonds is 12. The summed E-state index contributed by atoms with van der Waals surface area (Å²) < 4.78 is 17.1. The molecule has 216 valence electrons. The van der Waals surface area contributed by atoms with Crippen LogP contribution < -0.4 is 15.4 Å². The van der Waals surface area contributed by atoms with Crippen molar-refractivity contribution in [1.82, 2.24) is 10.6 Å². The van der Waals surface area contributed by atoms with Gasteiger partial charge in [-0.15, -0.1) is 0 Å². The van der Waals surface area contributed by atoms with Gasteiger partial charge in [-0.25, -0.2) is 4.79 Å². The summed E-state index contributed by atoms with van der Waals surface area (Å²) >= 11 is 0. The quantitative estimate of drug-likeness (QED) is 0.196. The number of nitrogens with one attached hydrogen (secondary N) is 2. The molecule has 0 saturated carbocycles. The van der Waals surface area contributed by atoms with E-state index in [2.05, 4.69) is 22.8 Å². The third-order valence-corrected chi connectivity index (χ3v) is 7.02. The van der Waals surface area contributed by atoms with E-state index < -0.39 is 6.09 Å². The fraction of sp³-hybridized carbons (Fsp3) is 0.235. The number of carbonyl (C=O) groups excluding carboxylic acids is 1. The summed E-state index contributed by atoms with van der Waals surface area (Å²) in [5, 5.41) is 14.3. The molecule has 0 unspecified atom stereocenters. The molecule has 5 rings (SSSR count). The Morgan fingerprint density at radius 2 is 1.45 bits per heavy atom. The van der Waals surface area contributed by atoms with Crippen molar-refractivity contribution < 1.29 is 28.9 Å². The normalized spacial score (nSPS) is 13.0. The fourth-order valence-corrected chi connectivity index (χ4v) is 4.84. The molecule has 1 heterocycles. The highest BCUT2D eigenvalue weighted by Crippen LogP contribution is 2.24. The first-order valence-electron chi connectivity index (χ1n) is 14.0. The monoisotopic (exact) mass is 566 g/mol. The molecule has 42 heavy (non-hydrogen) atoms. The predicted molar refractivity (Wildman–Crippen MR) is 159 cm³/mol. The van der Waals surface area contributed by atoms with Crippen molar-refractivity contribution >= 4 is 12.0 Å². The molecular formula is C34H34N2O6. The molecule has 1 aliphatic rings. The Morgan fingerprint density at radius 3 is 2.24 bits per heavy atom. The molecule has 8 nitrogen and oxygen atoms in total. The maximum atomic E-state index is 13.1. The Bertz CT molecular complexity index is 1500. The van der Waals surface area contributed by atoms with Gasteiger partial charge in [-0.05, 0) is 58.5 Å². The van der Waals surface area contributed by atoms with Gasteiger partial charge < -0.3 is 30.0 Å². The molecule has 1 fully saturated rings. The number of ether oxygens (including phenoxy) is 3. The average molecular weight is 567 g/mol. The van der Waals surface area contributed by atoms with Gasteiger partial charge >= 0.3 is 6.09 Å². The van der Waals surface area contributed by atoms with Crippen molar-refractivity contribution in [2.24, 2.45) is 0 Å². The van der Waals surface area contributed by atoms with Crippen LogP contribution in [0.1, 0.15) is 39.0 Å². The number of carbonyl (C=O) groups is 2. The van der Waals surface area contributed by atoms with E-state index in [4.69, 9.17) is 19.3 Å². The zero-order chi connectivity index (χ0) is 29.1. The summed E-state index contributed by atoms with van der Waals surface area (Å²) in [4.78, 5) is 23.9. The molecule has 1 aliphatic heterocycles. The van der Waals surface area contributed by atoms with Crippen molar-refractivity contribution in [3.63, 3.8) is 0 Å². The van der Waals surface area contributed by atoms with Gasteiger partial charge in [-0.2, -0.15) is 0 Å². The third-order valence-electron chi connectivity index (χ3n) is 7.02. The highest BCUT2D eigenvalue weighted by atomic mass is 16.7. The Hall–Kier alpha value is -4.66. The summed E-state index contributed by atoms with van der Waals surface area (Å²) in [5.41, 5.74) is 6.44. The van der Waals surface area contributed by atoms with E-state index in [0.29, 0.717) is 31.1 Å². The SMILES string of the molecule is O=C(O)NCc1cccc(-c2ccc(OCc3ccccc3C(=O)NCc3cccc(CCC4OCCO4)c3)cc2)c1. The lowest BCUT2D eigenvalue weighted by atomic mass is 10.0. The molecule has 1 saturated heterocycles. The van der Waals surface area contributed by atoms with E-state index in [1.165, 1.54) is 5.56 Å². The van der Waals surface area contributed by atoms with Crippen molar-refractivity contribution in [1.29, 1.82) is 0 Å². The van der Waals surface area contributed by atoms with Gasteiger partial charge in [0, 0.05) is 30.6 Å². The number of amides is 2. The molecule has 0 spiro atoms. The maximum Gasteiger partial charge on any atom is 0.404 e. The van der Waals surface area contributed by atoms with Gasteiger partial charge in [-0.3, -0.25) is 4.79 Å². The molecule has 4 aromatic carbocycles. The third kappa shape index (κ3) is 8.19. The van der Waals surface area contributed by atoms with Crippen LogP contribution in [-0.4, -0.2) is 36.6 Å². The van der Waals surface area contributed by atoms with Crippen molar-refractivity contribution in [2.45, 2.75) is 38.8 Å². The standard InChI is InChI=1S/C34H34N2O6/c37-33(35-21-25-6-3-5-24(19-25)11-16-32-40-17-18-41-32)31-10-2-1-8-29(31)23-42-30-14-12-27(13-15-30)28-9-4-7-26(20-28)22-36-34(38)39/h1-10,12-15,19-20,32,36H,11,16-18,21-23H2,(H,35,37)(H,38,39). The molecule has 4 aromatic rings. The van der Waals surface area contributed by atoms with Crippen LogP contribution in [0.25, 0.3) is 11.1 Å². The van der Waals surface area contributed by atoms with Crippen LogP contribution in [0.3, 0.4) is 0 Å². The second kappa shape index (κ2) is 14.3. The molecule has 0 bridgehead atoms. The van der Waals surface area contributed by atoms with Gasteiger partial charge in [0.25, 0.3) is 5.91 Å². The summed E-state index contributed by atoms with van der Waals surface area (Å²) in [6.45, 7) is 2.23. The summed E-state index contributed by atoms with van der Waals surface area (Å²) in [7, 11) is 0. The Labute approximate surface area is 245 Å². The number of hydrogen-bond donors (Lipinski definition) is 3. The molecular weight excluding hydrogens is 532 g/mol. The van der Waals surface area contributed by atoms with E-state index in [-0.39, 0.29) is 25.3 Å². The largest absolute Gasteiger partial charge is 0.489 e. The first-order chi connectivity index (χ1) is 20.5. The van der Waals surface area contributed by atoms with Crippen LogP contribution in [0.15, 0.2) is 97.1 Å². The van der Waals surface area contributed by atoms with Crippen molar-refractivity contribution in [2.75, 3.05) is 13.2 Å². The van der Waals surface area contributed by atoms with Crippen LogP contribution in [0.5, 0.6) is 5.75 Å². The lowest BCUT2D eigenvalue weighted by molar-refractivity contribution is -0.0462. The molecule has 0 aromatic heterocycles. The maximum absolute atomic E-state index is 13.1. The van der Waals surface area contributed by atoms with Crippen LogP contribution >= 0.6 is 0 Å². The zero-order valence-electron chi connectivity index (χ0n) is 23.3. The predicted octanol–water partition coefficient (Wildman–Crippen LogP) is 5.94. The van der Waals surface area contributed by atoms with Gasteiger partial charge in [0.2, 0.25) is 0 Å². The second-order valence-corrected chi connectivity index (χ2v) is 10.0. The van der Waals surface area contributed by atoms with Gasteiger partial charge in [0.15, 0.2) is 6.29 Å². The lowest BCUT2D eigenvalue weighted by Crippen LogP contribution is -2.24. The second-order valence-electron chi connectivity index (χ2n) is 10.0. The summed E-state index contributed by atoms with van der Waals surface area (Å²) in [5.74, 6) is 0.530. The van der Waals surface area contributed by atoms with Crippen LogP contribution in [0.4, 0.5) is 4.79 Å². The molecule has 0 aliphatic carbocycles. The lowest BCUT2D eigenvalue weighted by Gasteiger charge is -2.13. The van der Waals surface area contributed by atoms with Crippen molar-refractivity contribution in [3.05, 3.63) is 125 Å². The Morgan fingerprint density at radius 1 is 0.762 bits per heavy atom. The highest BCUT2D eigenvalue weighted by Gasteiger charge is 2.16. The molecule has 2 amide bonds. The molecule has 0 radical (unpaired) electrons.